The largest absolute Gasteiger partial charge is 0.353 e. The van der Waals surface area contributed by atoms with E-state index in [4.69, 9.17) is 0 Å². The third-order valence-corrected chi connectivity index (χ3v) is 5.90. The summed E-state index contributed by atoms with van der Waals surface area (Å²) in [6.45, 7) is 11.2. The molecule has 0 aromatic carbocycles. The number of amides is 1. The molecule has 0 radical (unpaired) electrons. The lowest BCUT2D eigenvalue weighted by Crippen LogP contribution is -2.51. The molecule has 1 amide bonds. The van der Waals surface area contributed by atoms with Crippen molar-refractivity contribution in [3.05, 3.63) is 0 Å². The highest BCUT2D eigenvalue weighted by molar-refractivity contribution is 5.82. The number of likely N-dealkylation sites (tertiary alicyclic amines) is 1. The van der Waals surface area contributed by atoms with E-state index in [1.165, 1.54) is 12.8 Å². The van der Waals surface area contributed by atoms with Crippen molar-refractivity contribution in [2.45, 2.75) is 64.5 Å². The summed E-state index contributed by atoms with van der Waals surface area (Å²) in [6, 6.07) is 0.399. The van der Waals surface area contributed by atoms with Crippen LogP contribution in [-0.2, 0) is 4.79 Å². The number of piperidine rings is 2. The van der Waals surface area contributed by atoms with Gasteiger partial charge >= 0.3 is 0 Å². The highest BCUT2D eigenvalue weighted by atomic mass is 16.2. The van der Waals surface area contributed by atoms with E-state index in [1.54, 1.807) is 0 Å². The summed E-state index contributed by atoms with van der Waals surface area (Å²) in [4.78, 5) is 15.0. The molecule has 1 unspecified atom stereocenters. The van der Waals surface area contributed by atoms with Crippen LogP contribution in [0, 0.1) is 11.3 Å². The molecule has 1 spiro atoms. The standard InChI is InChI=1S/C17H31N3O/c1-16(2,3)20-10-4-13(5-11-20)19-15(21)14-12-17(14)6-8-18-9-7-17/h13-14,18H,4-12H2,1-3H3,(H,19,21). The molecular formula is C17H31N3O. The van der Waals surface area contributed by atoms with Crippen LogP contribution in [0.2, 0.25) is 0 Å². The van der Waals surface area contributed by atoms with E-state index in [-0.39, 0.29) is 5.54 Å². The van der Waals surface area contributed by atoms with Crippen molar-refractivity contribution in [3.8, 4) is 0 Å². The molecule has 0 aromatic heterocycles. The average Bonchev–Trinajstić information content (AvgIpc) is 3.13. The zero-order valence-corrected chi connectivity index (χ0v) is 13.9. The first-order valence-electron chi connectivity index (χ1n) is 8.67. The normalized spacial score (nSPS) is 30.3. The maximum atomic E-state index is 12.5. The van der Waals surface area contributed by atoms with Gasteiger partial charge in [0.1, 0.15) is 0 Å². The van der Waals surface area contributed by atoms with Crippen LogP contribution in [0.15, 0.2) is 0 Å². The molecule has 2 heterocycles. The molecule has 1 saturated carbocycles. The van der Waals surface area contributed by atoms with Crippen molar-refractivity contribution in [3.63, 3.8) is 0 Å². The number of nitrogens with one attached hydrogen (secondary N) is 2. The summed E-state index contributed by atoms with van der Waals surface area (Å²) in [6.07, 6.45) is 5.71. The highest BCUT2D eigenvalue weighted by Crippen LogP contribution is 2.58. The first-order chi connectivity index (χ1) is 9.91. The maximum absolute atomic E-state index is 12.5. The Morgan fingerprint density at radius 1 is 1.19 bits per heavy atom. The molecule has 1 aliphatic carbocycles. The zero-order valence-electron chi connectivity index (χ0n) is 13.9. The molecule has 0 bridgehead atoms. The SMILES string of the molecule is CC(C)(C)N1CCC(NC(=O)C2CC23CCNCC3)CC1. The zero-order chi connectivity index (χ0) is 15.1. The van der Waals surface area contributed by atoms with Gasteiger partial charge < -0.3 is 10.6 Å². The molecule has 1 atom stereocenters. The molecule has 21 heavy (non-hydrogen) atoms. The molecule has 4 heteroatoms. The van der Waals surface area contributed by atoms with Gasteiger partial charge in [-0.15, -0.1) is 0 Å². The molecule has 3 rings (SSSR count). The molecular weight excluding hydrogens is 262 g/mol. The number of hydrogen-bond donors (Lipinski definition) is 2. The van der Waals surface area contributed by atoms with Crippen molar-refractivity contribution in [1.82, 2.24) is 15.5 Å². The van der Waals surface area contributed by atoms with Gasteiger partial charge in [0, 0.05) is 30.6 Å². The van der Waals surface area contributed by atoms with Crippen molar-refractivity contribution < 1.29 is 4.79 Å². The third kappa shape index (κ3) is 3.26. The van der Waals surface area contributed by atoms with Crippen LogP contribution in [0.25, 0.3) is 0 Å². The van der Waals surface area contributed by atoms with Crippen molar-refractivity contribution in [2.24, 2.45) is 11.3 Å². The quantitative estimate of drug-likeness (QED) is 0.815. The van der Waals surface area contributed by atoms with Crippen LogP contribution in [0.3, 0.4) is 0 Å². The minimum Gasteiger partial charge on any atom is -0.353 e. The van der Waals surface area contributed by atoms with Crippen molar-refractivity contribution in [1.29, 1.82) is 0 Å². The first-order valence-corrected chi connectivity index (χ1v) is 8.67. The predicted octanol–water partition coefficient (Wildman–Crippen LogP) is 1.76. The fourth-order valence-corrected chi connectivity index (χ4v) is 4.19. The number of rotatable bonds is 2. The first kappa shape index (κ1) is 15.3. The van der Waals surface area contributed by atoms with E-state index in [0.717, 1.165) is 45.4 Å². The summed E-state index contributed by atoms with van der Waals surface area (Å²) in [7, 11) is 0. The molecule has 0 aromatic rings. The molecule has 2 saturated heterocycles. The fourth-order valence-electron chi connectivity index (χ4n) is 4.19. The Bertz CT molecular complexity index is 387. The van der Waals surface area contributed by atoms with E-state index >= 15 is 0 Å². The Hall–Kier alpha value is -0.610. The van der Waals surface area contributed by atoms with E-state index in [0.29, 0.717) is 23.3 Å². The minimum atomic E-state index is 0.255. The second-order valence-electron chi connectivity index (χ2n) is 8.31. The van der Waals surface area contributed by atoms with E-state index in [9.17, 15) is 4.79 Å². The van der Waals surface area contributed by atoms with Crippen LogP contribution in [-0.4, -0.2) is 48.6 Å². The third-order valence-electron chi connectivity index (χ3n) is 5.90. The summed E-state index contributed by atoms with van der Waals surface area (Å²) in [5, 5.41) is 6.74. The van der Waals surface area contributed by atoms with Gasteiger partial charge in [-0.2, -0.15) is 0 Å². The van der Waals surface area contributed by atoms with Crippen molar-refractivity contribution in [2.75, 3.05) is 26.2 Å². The summed E-state index contributed by atoms with van der Waals surface area (Å²) < 4.78 is 0. The maximum Gasteiger partial charge on any atom is 0.223 e. The van der Waals surface area contributed by atoms with Gasteiger partial charge in [0.05, 0.1) is 0 Å². The van der Waals surface area contributed by atoms with Gasteiger partial charge in [-0.25, -0.2) is 0 Å². The van der Waals surface area contributed by atoms with Gasteiger partial charge in [0.2, 0.25) is 5.91 Å². The van der Waals surface area contributed by atoms with Crippen LogP contribution < -0.4 is 10.6 Å². The molecule has 3 aliphatic rings. The summed E-state index contributed by atoms with van der Waals surface area (Å²) >= 11 is 0. The second-order valence-corrected chi connectivity index (χ2v) is 8.31. The number of carbonyl (C=O) groups excluding carboxylic acids is 1. The Kier molecular flexibility index (Phi) is 4.04. The second kappa shape index (κ2) is 5.54. The van der Waals surface area contributed by atoms with Gasteiger partial charge in [-0.1, -0.05) is 0 Å². The van der Waals surface area contributed by atoms with Gasteiger partial charge in [0.25, 0.3) is 0 Å². The molecule has 2 aliphatic heterocycles. The highest BCUT2D eigenvalue weighted by Gasteiger charge is 2.57. The molecule has 4 nitrogen and oxygen atoms in total. The molecule has 120 valence electrons. The number of nitrogens with zero attached hydrogens (tertiary/aromatic N) is 1. The van der Waals surface area contributed by atoms with Crippen molar-refractivity contribution >= 4 is 5.91 Å². The lowest BCUT2D eigenvalue weighted by Gasteiger charge is -2.41. The predicted molar refractivity (Wildman–Crippen MR) is 85.1 cm³/mol. The fraction of sp³-hybridized carbons (Fsp3) is 0.941. The van der Waals surface area contributed by atoms with Crippen LogP contribution in [0.4, 0.5) is 0 Å². The topological polar surface area (TPSA) is 44.4 Å². The van der Waals surface area contributed by atoms with E-state index in [1.807, 2.05) is 0 Å². The van der Waals surface area contributed by atoms with E-state index < -0.39 is 0 Å². The molecule has 3 fully saturated rings. The minimum absolute atomic E-state index is 0.255. The monoisotopic (exact) mass is 293 g/mol. The number of carbonyl (C=O) groups is 1. The van der Waals surface area contributed by atoms with Crippen LogP contribution in [0.1, 0.15) is 52.9 Å². The number of hydrogen-bond acceptors (Lipinski definition) is 3. The lowest BCUT2D eigenvalue weighted by molar-refractivity contribution is -0.124. The average molecular weight is 293 g/mol. The van der Waals surface area contributed by atoms with Gasteiger partial charge in [-0.05, 0) is 71.4 Å². The Labute approximate surface area is 129 Å². The lowest BCUT2D eigenvalue weighted by atomic mass is 9.91. The molecule has 2 N–H and O–H groups in total. The Balaban J connectivity index is 1.45. The van der Waals surface area contributed by atoms with Gasteiger partial charge in [0.15, 0.2) is 0 Å². The summed E-state index contributed by atoms with van der Waals surface area (Å²) in [5.41, 5.74) is 0.617. The Morgan fingerprint density at radius 3 is 2.38 bits per heavy atom. The van der Waals surface area contributed by atoms with E-state index in [2.05, 4.69) is 36.3 Å². The smallest absolute Gasteiger partial charge is 0.223 e. The van der Waals surface area contributed by atoms with Gasteiger partial charge in [-0.3, -0.25) is 9.69 Å². The summed E-state index contributed by atoms with van der Waals surface area (Å²) in [5.74, 6) is 0.645. The Morgan fingerprint density at radius 2 is 1.81 bits per heavy atom. The van der Waals surface area contributed by atoms with Crippen LogP contribution in [0.5, 0.6) is 0 Å². The van der Waals surface area contributed by atoms with Crippen LogP contribution >= 0.6 is 0 Å².